The zero-order valence-electron chi connectivity index (χ0n) is 9.52. The summed E-state index contributed by atoms with van der Waals surface area (Å²) in [6.45, 7) is -5.08. The fourth-order valence-electron chi connectivity index (χ4n) is 1.73. The number of azide groups is 1. The summed E-state index contributed by atoms with van der Waals surface area (Å²) in [4.78, 5) is 2.60. The number of nitrogens with zero attached hydrogens (tertiary/aromatic N) is 3. The maximum absolute atomic E-state index is 12.8. The smallest absolute Gasteiger partial charge is 0.445 e. The van der Waals surface area contributed by atoms with Gasteiger partial charge in [0, 0.05) is 10.6 Å². The number of hydrogen-bond donors (Lipinski definition) is 0. The van der Waals surface area contributed by atoms with Crippen LogP contribution in [0.2, 0.25) is 0 Å². The Labute approximate surface area is 143 Å². The van der Waals surface area contributed by atoms with Gasteiger partial charge >= 0.3 is 58.4 Å². The molecule has 0 unspecified atom stereocenters. The first-order chi connectivity index (χ1) is 8.04. The van der Waals surface area contributed by atoms with Gasteiger partial charge in [0.05, 0.1) is 0 Å². The molecule has 0 spiro atoms. The summed E-state index contributed by atoms with van der Waals surface area (Å²) < 4.78 is 38.4. The van der Waals surface area contributed by atoms with Crippen LogP contribution in [-0.2, 0) is 0 Å². The van der Waals surface area contributed by atoms with E-state index >= 15 is 0 Å². The molecule has 18 heavy (non-hydrogen) atoms. The molecule has 0 radical (unpaired) electrons. The minimum Gasteiger partial charge on any atom is -0.445 e. The maximum atomic E-state index is 12.8. The Hall–Kier alpha value is -0.499. The quantitative estimate of drug-likeness (QED) is 0.337. The van der Waals surface area contributed by atoms with Crippen molar-refractivity contribution in [3.8, 4) is 0 Å². The molecule has 0 atom stereocenters. The zero-order valence-corrected chi connectivity index (χ0v) is 12.6. The van der Waals surface area contributed by atoms with E-state index in [2.05, 4.69) is 10.0 Å². The average molecular weight is 275 g/mol. The predicted octanol–water partition coefficient (Wildman–Crippen LogP) is 0.840. The summed E-state index contributed by atoms with van der Waals surface area (Å²) in [5.74, 6) is 0. The normalized spacial score (nSPS) is 10.6. The molecule has 0 saturated carbocycles. The van der Waals surface area contributed by atoms with Crippen LogP contribution in [0.1, 0.15) is 0 Å². The number of rotatable bonds is 2. The van der Waals surface area contributed by atoms with Crippen molar-refractivity contribution in [2.45, 2.75) is 0 Å². The van der Waals surface area contributed by atoms with Gasteiger partial charge in [-0.1, -0.05) is 41.5 Å². The van der Waals surface area contributed by atoms with E-state index in [0.29, 0.717) is 5.39 Å². The average Bonchev–Trinajstić information content (AvgIpc) is 2.28. The molecule has 0 heterocycles. The van der Waals surface area contributed by atoms with Crippen molar-refractivity contribution >= 4 is 28.9 Å². The van der Waals surface area contributed by atoms with E-state index < -0.39 is 12.4 Å². The van der Waals surface area contributed by atoms with Crippen molar-refractivity contribution < 1.29 is 64.3 Å². The summed E-state index contributed by atoms with van der Waals surface area (Å²) in [6.07, 6.45) is 0. The molecule has 2 aromatic rings. The second kappa shape index (κ2) is 6.10. The summed E-state index contributed by atoms with van der Waals surface area (Å²) in [5, 5.41) is 3.75. The minimum atomic E-state index is -5.08. The fourth-order valence-corrected chi connectivity index (χ4v) is 1.73. The molecule has 0 saturated heterocycles. The van der Waals surface area contributed by atoms with E-state index in [1.807, 2.05) is 0 Å². The number of hydrogen-bond acceptors (Lipinski definition) is 1. The monoisotopic (exact) mass is 275 g/mol. The van der Waals surface area contributed by atoms with Gasteiger partial charge in [-0.05, 0) is 16.3 Å². The van der Waals surface area contributed by atoms with Crippen LogP contribution in [0.15, 0.2) is 41.5 Å². The molecule has 3 nitrogen and oxygen atoms in total. The summed E-state index contributed by atoms with van der Waals surface area (Å²) >= 11 is 0. The molecule has 86 valence electrons. The van der Waals surface area contributed by atoms with Gasteiger partial charge < -0.3 is 12.9 Å². The number of halogens is 3. The first kappa shape index (κ1) is 15.6. The molecule has 8 heteroatoms. The maximum Gasteiger partial charge on any atom is 1.00 e. The van der Waals surface area contributed by atoms with E-state index in [-0.39, 0.29) is 62.5 Å². The number of benzene rings is 2. The molecule has 0 N–H and O–H groups in total. The van der Waals surface area contributed by atoms with Crippen molar-refractivity contribution in [3.05, 3.63) is 46.8 Å². The Balaban J connectivity index is 0.00000162. The summed E-state index contributed by atoms with van der Waals surface area (Å²) in [5.41, 5.74) is 7.88. The standard InChI is InChI=1S/C10H6BF3N3.K/c12-11(13,14)9-5-6-10(16-17-15)8-4-2-1-3-7(8)9;/h1-6H;/q-1;+1. The van der Waals surface area contributed by atoms with Crippen molar-refractivity contribution in [2.75, 3.05) is 0 Å². The van der Waals surface area contributed by atoms with Crippen LogP contribution in [-0.4, -0.2) is 6.98 Å². The second-order valence-corrected chi connectivity index (χ2v) is 3.48. The number of fused-ring (bicyclic) bond motifs is 1. The Morgan fingerprint density at radius 2 is 1.61 bits per heavy atom. The minimum absolute atomic E-state index is 0. The van der Waals surface area contributed by atoms with Gasteiger partial charge in [-0.3, -0.25) is 0 Å². The van der Waals surface area contributed by atoms with Gasteiger partial charge in [-0.2, -0.15) is 0 Å². The molecule has 2 aromatic carbocycles. The molecular formula is C10H6BF3KN3. The predicted molar refractivity (Wildman–Crippen MR) is 61.5 cm³/mol. The molecule has 2 rings (SSSR count). The van der Waals surface area contributed by atoms with Crippen LogP contribution >= 0.6 is 0 Å². The first-order valence-corrected chi connectivity index (χ1v) is 4.80. The third-order valence-electron chi connectivity index (χ3n) is 2.44. The summed E-state index contributed by atoms with van der Waals surface area (Å²) in [7, 11) is 0. The van der Waals surface area contributed by atoms with E-state index in [1.165, 1.54) is 24.3 Å². The van der Waals surface area contributed by atoms with Gasteiger partial charge in [0.15, 0.2) is 0 Å². The first-order valence-electron chi connectivity index (χ1n) is 4.80. The largest absolute Gasteiger partial charge is 1.00 e. The molecule has 0 amide bonds. The van der Waals surface area contributed by atoms with Crippen LogP contribution in [0.4, 0.5) is 18.6 Å². The fraction of sp³-hybridized carbons (Fsp3) is 0. The molecular weight excluding hydrogens is 269 g/mol. The van der Waals surface area contributed by atoms with Gasteiger partial charge in [-0.15, -0.1) is 5.46 Å². The molecule has 0 aliphatic heterocycles. The Kier molecular flexibility index (Phi) is 5.27. The van der Waals surface area contributed by atoms with Crippen LogP contribution in [0, 0.1) is 0 Å². The molecule has 0 aliphatic carbocycles. The van der Waals surface area contributed by atoms with Gasteiger partial charge in [0.2, 0.25) is 0 Å². The van der Waals surface area contributed by atoms with Gasteiger partial charge in [-0.25, -0.2) is 0 Å². The van der Waals surface area contributed by atoms with Gasteiger partial charge in [0.1, 0.15) is 0 Å². The third-order valence-corrected chi connectivity index (χ3v) is 2.44. The third kappa shape index (κ3) is 3.09. The van der Waals surface area contributed by atoms with Crippen LogP contribution in [0.25, 0.3) is 21.2 Å². The van der Waals surface area contributed by atoms with Crippen LogP contribution in [0.5, 0.6) is 0 Å². The Morgan fingerprint density at radius 1 is 1.00 bits per heavy atom. The molecule has 0 fully saturated rings. The van der Waals surface area contributed by atoms with E-state index in [0.717, 1.165) is 6.07 Å². The second-order valence-electron chi connectivity index (χ2n) is 3.48. The Morgan fingerprint density at radius 3 is 2.17 bits per heavy atom. The van der Waals surface area contributed by atoms with Crippen molar-refractivity contribution in [1.29, 1.82) is 0 Å². The van der Waals surface area contributed by atoms with E-state index in [1.54, 1.807) is 6.07 Å². The van der Waals surface area contributed by atoms with Crippen molar-refractivity contribution in [1.82, 2.24) is 0 Å². The topological polar surface area (TPSA) is 48.8 Å². The summed E-state index contributed by atoms with van der Waals surface area (Å²) in [6, 6.07) is 8.14. The zero-order chi connectivity index (χ0) is 12.5. The van der Waals surface area contributed by atoms with Crippen molar-refractivity contribution in [3.63, 3.8) is 0 Å². The Bertz CT molecular complexity index is 623. The van der Waals surface area contributed by atoms with Crippen LogP contribution in [0.3, 0.4) is 0 Å². The van der Waals surface area contributed by atoms with Crippen LogP contribution < -0.4 is 56.8 Å². The molecule has 0 aromatic heterocycles. The van der Waals surface area contributed by atoms with Gasteiger partial charge in [0.25, 0.3) is 0 Å². The molecule has 0 aliphatic rings. The van der Waals surface area contributed by atoms with E-state index in [9.17, 15) is 12.9 Å². The van der Waals surface area contributed by atoms with Crippen molar-refractivity contribution in [2.24, 2.45) is 5.11 Å². The van der Waals surface area contributed by atoms with E-state index in [4.69, 9.17) is 5.53 Å². The molecule has 0 bridgehead atoms. The SMILES string of the molecule is [K+].[N-]=[N+]=Nc1ccc([B-](F)(F)F)c2ccccc12.